The SMILES string of the molecule is [2H]c1cc2cc(CC(C)(C)C)ccc2c(-c2cc(C([2H])([2H])[2H])cc(C([2H])([2H])C)c2C)[n+]1C. The van der Waals surface area contributed by atoms with Crippen LogP contribution in [-0.2, 0) is 19.8 Å². The highest BCUT2D eigenvalue weighted by Gasteiger charge is 2.20. The minimum absolute atomic E-state index is 0.103. The molecule has 0 bridgehead atoms. The summed E-state index contributed by atoms with van der Waals surface area (Å²) >= 11 is 0. The molecule has 1 nitrogen and oxygen atoms in total. The molecule has 0 aliphatic heterocycles. The van der Waals surface area contributed by atoms with Crippen LogP contribution in [0, 0.1) is 19.2 Å². The van der Waals surface area contributed by atoms with Crippen molar-refractivity contribution in [3.63, 3.8) is 0 Å². The average Bonchev–Trinajstić information content (AvgIpc) is 2.60. The first-order valence-corrected chi connectivity index (χ1v) is 9.07. The number of hydrogen-bond donors (Lipinski definition) is 0. The van der Waals surface area contributed by atoms with E-state index >= 15 is 0 Å². The van der Waals surface area contributed by atoms with E-state index in [1.807, 2.05) is 19.1 Å². The predicted molar refractivity (Wildman–Crippen MR) is 113 cm³/mol. The van der Waals surface area contributed by atoms with E-state index in [1.54, 1.807) is 17.7 Å². The molecule has 0 aliphatic carbocycles. The van der Waals surface area contributed by atoms with Gasteiger partial charge < -0.3 is 0 Å². The van der Waals surface area contributed by atoms with Crippen molar-refractivity contribution in [1.29, 1.82) is 0 Å². The second-order valence-electron chi connectivity index (χ2n) is 8.29. The predicted octanol–water partition coefficient (Wildman–Crippen LogP) is 6.10. The molecule has 0 atom stereocenters. The van der Waals surface area contributed by atoms with E-state index in [9.17, 15) is 0 Å². The third kappa shape index (κ3) is 3.67. The number of pyridine rings is 1. The van der Waals surface area contributed by atoms with Crippen LogP contribution in [0.4, 0.5) is 0 Å². The minimum atomic E-state index is -2.37. The molecule has 26 heavy (non-hydrogen) atoms. The van der Waals surface area contributed by atoms with Gasteiger partial charge in [-0.15, -0.1) is 0 Å². The van der Waals surface area contributed by atoms with Crippen LogP contribution in [-0.4, -0.2) is 0 Å². The molecule has 0 fully saturated rings. The van der Waals surface area contributed by atoms with Crippen LogP contribution in [0.2, 0.25) is 0 Å². The summed E-state index contributed by atoms with van der Waals surface area (Å²) in [6.07, 6.45) is -0.493. The molecular formula is C25H32N+. The largest absolute Gasteiger partial charge is 0.220 e. The fourth-order valence-corrected chi connectivity index (χ4v) is 3.63. The number of fused-ring (bicyclic) bond motifs is 1. The maximum atomic E-state index is 8.54. The van der Waals surface area contributed by atoms with Gasteiger partial charge in [-0.05, 0) is 71.8 Å². The first-order chi connectivity index (χ1) is 14.5. The Kier molecular flexibility index (Phi) is 3.24. The lowest BCUT2D eigenvalue weighted by Gasteiger charge is -2.18. The van der Waals surface area contributed by atoms with Gasteiger partial charge in [-0.1, -0.05) is 45.9 Å². The van der Waals surface area contributed by atoms with E-state index in [1.165, 1.54) is 18.6 Å². The van der Waals surface area contributed by atoms with Gasteiger partial charge in [0.15, 0.2) is 6.17 Å². The molecule has 0 amide bonds. The van der Waals surface area contributed by atoms with Crippen LogP contribution in [0.1, 0.15) is 58.2 Å². The number of aryl methyl sites for hydroxylation is 2. The topological polar surface area (TPSA) is 3.88 Å². The molecule has 0 unspecified atom stereocenters. The number of rotatable bonds is 3. The van der Waals surface area contributed by atoms with Crippen LogP contribution in [0.5, 0.6) is 0 Å². The van der Waals surface area contributed by atoms with E-state index in [4.69, 9.17) is 8.22 Å². The fraction of sp³-hybridized carbons (Fsp3) is 0.400. The Morgan fingerprint density at radius 2 is 1.92 bits per heavy atom. The van der Waals surface area contributed by atoms with E-state index in [0.717, 1.165) is 22.9 Å². The second-order valence-corrected chi connectivity index (χ2v) is 8.29. The summed E-state index contributed by atoms with van der Waals surface area (Å²) in [7, 11) is 1.79. The maximum absolute atomic E-state index is 8.54. The molecule has 3 aromatic rings. The Morgan fingerprint density at radius 3 is 2.58 bits per heavy atom. The molecule has 1 aromatic heterocycles. The molecule has 0 radical (unpaired) electrons. The third-order valence-electron chi connectivity index (χ3n) is 4.79. The van der Waals surface area contributed by atoms with Crippen molar-refractivity contribution in [3.8, 4) is 11.3 Å². The van der Waals surface area contributed by atoms with Gasteiger partial charge in [0.05, 0.1) is 10.9 Å². The fourth-order valence-electron chi connectivity index (χ4n) is 3.63. The monoisotopic (exact) mass is 352 g/mol. The molecule has 1 heteroatoms. The van der Waals surface area contributed by atoms with Gasteiger partial charge >= 0.3 is 0 Å². The average molecular weight is 353 g/mol. The van der Waals surface area contributed by atoms with Crippen LogP contribution in [0.3, 0.4) is 0 Å². The van der Waals surface area contributed by atoms with Crippen molar-refractivity contribution in [3.05, 3.63) is 64.8 Å². The lowest BCUT2D eigenvalue weighted by molar-refractivity contribution is -0.659. The summed E-state index contributed by atoms with van der Waals surface area (Å²) in [6.45, 7) is 7.47. The number of benzene rings is 2. The van der Waals surface area contributed by atoms with Gasteiger partial charge in [0, 0.05) is 12.9 Å². The standard InChI is InChI=1S/C25H32N/c1-8-20-13-17(2)14-23(18(20)3)24-22-10-9-19(16-25(4,5)6)15-21(22)11-12-26(24)7/h9-15H,8,16H2,1-7H3/q+1/i2D3,8D2,12D. The second kappa shape index (κ2) is 6.87. The Labute approximate surface area is 167 Å². The van der Waals surface area contributed by atoms with Crippen LogP contribution in [0.25, 0.3) is 22.0 Å². The number of hydrogen-bond acceptors (Lipinski definition) is 0. The zero-order chi connectivity index (χ0) is 24.2. The van der Waals surface area contributed by atoms with Gasteiger partial charge in [0.25, 0.3) is 0 Å². The zero-order valence-corrected chi connectivity index (χ0v) is 16.6. The summed E-state index contributed by atoms with van der Waals surface area (Å²) in [6, 6.07) is 11.1. The van der Waals surface area contributed by atoms with Gasteiger partial charge in [-0.2, -0.15) is 0 Å². The molecule has 1 heterocycles. The van der Waals surface area contributed by atoms with E-state index in [-0.39, 0.29) is 11.0 Å². The maximum Gasteiger partial charge on any atom is 0.220 e. The summed E-state index contributed by atoms with van der Waals surface area (Å²) < 4.78 is 50.7. The Bertz CT molecular complexity index is 1180. The first-order valence-electron chi connectivity index (χ1n) is 12.1. The molecule has 2 aromatic carbocycles. The Hall–Kier alpha value is -2.15. The smallest absolute Gasteiger partial charge is 0.200 e. The van der Waals surface area contributed by atoms with Gasteiger partial charge in [0.2, 0.25) is 5.69 Å². The molecule has 0 N–H and O–H groups in total. The summed E-state index contributed by atoms with van der Waals surface area (Å²) in [5, 5.41) is 1.83. The summed E-state index contributed by atoms with van der Waals surface area (Å²) in [5.41, 5.74) is 3.83. The van der Waals surface area contributed by atoms with Gasteiger partial charge in [0.1, 0.15) is 8.42 Å². The van der Waals surface area contributed by atoms with Crippen molar-refractivity contribution in [2.24, 2.45) is 12.5 Å². The lowest BCUT2D eigenvalue weighted by atomic mass is 9.87. The van der Waals surface area contributed by atoms with Gasteiger partial charge in [-0.3, -0.25) is 0 Å². The number of nitrogens with zero attached hydrogens (tertiary/aromatic N) is 1. The van der Waals surface area contributed by atoms with Crippen LogP contribution >= 0.6 is 0 Å². The molecule has 0 saturated carbocycles. The van der Waals surface area contributed by atoms with E-state index < -0.39 is 13.2 Å². The van der Waals surface area contributed by atoms with Crippen molar-refractivity contribution < 1.29 is 12.8 Å². The Balaban J connectivity index is 2.39. The summed E-state index contributed by atoms with van der Waals surface area (Å²) in [4.78, 5) is 0. The lowest BCUT2D eigenvalue weighted by Crippen LogP contribution is -2.31. The minimum Gasteiger partial charge on any atom is -0.200 e. The Morgan fingerprint density at radius 1 is 1.15 bits per heavy atom. The van der Waals surface area contributed by atoms with Crippen molar-refractivity contribution in [2.75, 3.05) is 0 Å². The molecule has 0 saturated heterocycles. The normalized spacial score (nSPS) is 16.4. The first kappa shape index (κ1) is 12.3. The molecule has 136 valence electrons. The molecule has 3 rings (SSSR count). The molecule has 0 aliphatic rings. The molecule has 0 spiro atoms. The van der Waals surface area contributed by atoms with E-state index in [2.05, 4.69) is 32.9 Å². The van der Waals surface area contributed by atoms with Crippen LogP contribution < -0.4 is 4.57 Å². The molecular weight excluding hydrogens is 314 g/mol. The highest BCUT2D eigenvalue weighted by Crippen LogP contribution is 2.32. The van der Waals surface area contributed by atoms with Crippen molar-refractivity contribution >= 4 is 10.8 Å². The van der Waals surface area contributed by atoms with Crippen LogP contribution in [0.15, 0.2) is 42.6 Å². The highest BCUT2D eigenvalue weighted by atomic mass is 14.9. The highest BCUT2D eigenvalue weighted by molar-refractivity contribution is 5.94. The van der Waals surface area contributed by atoms with Gasteiger partial charge in [-0.25, -0.2) is 4.57 Å². The van der Waals surface area contributed by atoms with Crippen molar-refractivity contribution in [2.45, 2.75) is 54.3 Å². The quantitative estimate of drug-likeness (QED) is 0.501. The zero-order valence-electron chi connectivity index (χ0n) is 22.6. The number of aromatic nitrogens is 1. The summed E-state index contributed by atoms with van der Waals surface area (Å²) in [5.74, 6) is 0. The van der Waals surface area contributed by atoms with E-state index in [0.29, 0.717) is 22.9 Å². The van der Waals surface area contributed by atoms with Crippen molar-refractivity contribution in [1.82, 2.24) is 0 Å². The third-order valence-corrected chi connectivity index (χ3v) is 4.79.